The number of pyridine rings is 1. The number of rotatable bonds is 6. The van der Waals surface area contributed by atoms with E-state index < -0.39 is 30.3 Å². The van der Waals surface area contributed by atoms with Crippen LogP contribution in [0.15, 0.2) is 42.6 Å². The van der Waals surface area contributed by atoms with Crippen LogP contribution in [0.4, 0.5) is 13.2 Å². The number of hydrogen-bond acceptors (Lipinski definition) is 5. The highest BCUT2D eigenvalue weighted by Crippen LogP contribution is 2.26. The Bertz CT molecular complexity index is 1110. The first-order valence-electron chi connectivity index (χ1n) is 8.42. The number of benzene rings is 1. The molecule has 0 spiro atoms. The molecule has 0 aliphatic heterocycles. The van der Waals surface area contributed by atoms with Gasteiger partial charge in [-0.05, 0) is 19.1 Å². The molecule has 148 valence electrons. The first-order chi connectivity index (χ1) is 13.7. The lowest BCUT2D eigenvalue weighted by Crippen LogP contribution is -2.24. The van der Waals surface area contributed by atoms with Crippen molar-refractivity contribution < 1.29 is 27.5 Å². The molecule has 3 aromatic rings. The van der Waals surface area contributed by atoms with Gasteiger partial charge in [0, 0.05) is 40.0 Å². The second-order valence-electron chi connectivity index (χ2n) is 6.25. The van der Waals surface area contributed by atoms with Crippen LogP contribution in [-0.2, 0) is 0 Å². The molecule has 1 unspecified atom stereocenters. The zero-order valence-corrected chi connectivity index (χ0v) is 15.1. The van der Waals surface area contributed by atoms with E-state index in [2.05, 4.69) is 14.7 Å². The van der Waals surface area contributed by atoms with Crippen LogP contribution in [0.5, 0.6) is 5.88 Å². The second-order valence-corrected chi connectivity index (χ2v) is 6.25. The summed E-state index contributed by atoms with van der Waals surface area (Å²) in [4.78, 5) is 32.3. The predicted molar refractivity (Wildman–Crippen MR) is 96.6 cm³/mol. The van der Waals surface area contributed by atoms with Crippen molar-refractivity contribution in [2.24, 2.45) is 5.92 Å². The van der Waals surface area contributed by atoms with Gasteiger partial charge in [0.15, 0.2) is 24.1 Å². The van der Waals surface area contributed by atoms with Crippen molar-refractivity contribution in [3.63, 3.8) is 0 Å². The number of H-pyrrole nitrogens is 1. The molecule has 2 aromatic heterocycles. The zero-order valence-electron chi connectivity index (χ0n) is 15.1. The molecule has 6 nitrogen and oxygen atoms in total. The summed E-state index contributed by atoms with van der Waals surface area (Å²) >= 11 is 0. The number of nitrogens with zero attached hydrogens (tertiary/aromatic N) is 2. The topological polar surface area (TPSA) is 95.8 Å². The summed E-state index contributed by atoms with van der Waals surface area (Å²) in [6.07, 6.45) is -3.54. The normalized spacial score (nSPS) is 12.4. The van der Waals surface area contributed by atoms with E-state index in [1.54, 1.807) is 37.3 Å². The van der Waals surface area contributed by atoms with Gasteiger partial charge in [-0.2, -0.15) is 18.4 Å². The van der Waals surface area contributed by atoms with E-state index in [4.69, 9.17) is 0 Å². The van der Waals surface area contributed by atoms with Gasteiger partial charge in [-0.25, -0.2) is 4.98 Å². The fourth-order valence-corrected chi connectivity index (χ4v) is 2.91. The van der Waals surface area contributed by atoms with Crippen molar-refractivity contribution in [2.75, 3.05) is 6.61 Å². The van der Waals surface area contributed by atoms with Crippen molar-refractivity contribution in [2.45, 2.75) is 13.1 Å². The molecule has 0 amide bonds. The van der Waals surface area contributed by atoms with Gasteiger partial charge in [0.2, 0.25) is 5.88 Å². The largest absolute Gasteiger partial charge is 0.468 e. The van der Waals surface area contributed by atoms with E-state index >= 15 is 0 Å². The maximum atomic E-state index is 12.9. The van der Waals surface area contributed by atoms with Crippen molar-refractivity contribution in [3.05, 3.63) is 59.4 Å². The standard InChI is InChI=1S/C20H14F3N3O3/c1-11-17(13-4-2-3-5-15(13)26-11)19(28)14(8-24)18(27)12-6-7-16(25-9-12)29-10-20(21,22)23/h2-7,9,14,26H,10H2,1H3. The van der Waals surface area contributed by atoms with E-state index in [-0.39, 0.29) is 17.0 Å². The van der Waals surface area contributed by atoms with E-state index in [1.807, 2.05) is 0 Å². The Hall–Kier alpha value is -3.67. The lowest BCUT2D eigenvalue weighted by Gasteiger charge is -2.10. The number of aromatic nitrogens is 2. The van der Waals surface area contributed by atoms with Crippen LogP contribution >= 0.6 is 0 Å². The van der Waals surface area contributed by atoms with Crippen molar-refractivity contribution in [1.29, 1.82) is 5.26 Å². The monoisotopic (exact) mass is 401 g/mol. The Balaban J connectivity index is 1.84. The average Bonchev–Trinajstić information content (AvgIpc) is 3.02. The van der Waals surface area contributed by atoms with Gasteiger partial charge < -0.3 is 9.72 Å². The van der Waals surface area contributed by atoms with Crippen LogP contribution in [0.3, 0.4) is 0 Å². The van der Waals surface area contributed by atoms with Gasteiger partial charge in [-0.3, -0.25) is 9.59 Å². The number of Topliss-reactive ketones (excluding diaryl/α,β-unsaturated/α-hetero) is 2. The summed E-state index contributed by atoms with van der Waals surface area (Å²) in [7, 11) is 0. The quantitative estimate of drug-likeness (QED) is 0.497. The van der Waals surface area contributed by atoms with Gasteiger partial charge in [0.25, 0.3) is 0 Å². The van der Waals surface area contributed by atoms with Crippen molar-refractivity contribution in [3.8, 4) is 11.9 Å². The number of hydrogen-bond donors (Lipinski definition) is 1. The number of fused-ring (bicyclic) bond motifs is 1. The minimum atomic E-state index is -4.52. The molecule has 9 heteroatoms. The third kappa shape index (κ3) is 4.27. The van der Waals surface area contributed by atoms with Crippen molar-refractivity contribution >= 4 is 22.5 Å². The lowest BCUT2D eigenvalue weighted by atomic mass is 9.90. The molecule has 2 heterocycles. The number of halogens is 3. The molecule has 29 heavy (non-hydrogen) atoms. The number of para-hydroxylation sites is 1. The summed E-state index contributed by atoms with van der Waals surface area (Å²) in [5, 5.41) is 10.0. The number of aromatic amines is 1. The average molecular weight is 401 g/mol. The first-order valence-corrected chi connectivity index (χ1v) is 8.42. The number of alkyl halides is 3. The molecule has 0 aliphatic carbocycles. The molecule has 3 rings (SSSR count). The van der Waals surface area contributed by atoms with Crippen LogP contribution < -0.4 is 4.74 Å². The third-order valence-electron chi connectivity index (χ3n) is 4.20. The SMILES string of the molecule is Cc1[nH]c2ccccc2c1C(=O)C(C#N)C(=O)c1ccc(OCC(F)(F)F)nc1. The number of nitrogens with one attached hydrogen (secondary N) is 1. The van der Waals surface area contributed by atoms with Crippen LogP contribution in [0.25, 0.3) is 10.9 Å². The fraction of sp³-hybridized carbons (Fsp3) is 0.200. The number of ether oxygens (including phenoxy) is 1. The van der Waals surface area contributed by atoms with Crippen molar-refractivity contribution in [1.82, 2.24) is 9.97 Å². The Kier molecular flexibility index (Phi) is 5.37. The van der Waals surface area contributed by atoms with Gasteiger partial charge in [-0.15, -0.1) is 0 Å². The summed E-state index contributed by atoms with van der Waals surface area (Å²) in [5.74, 6) is -3.40. The van der Waals surface area contributed by atoms with Gasteiger partial charge in [0.05, 0.1) is 6.07 Å². The smallest absolute Gasteiger partial charge is 0.422 e. The minimum Gasteiger partial charge on any atom is -0.468 e. The summed E-state index contributed by atoms with van der Waals surface area (Å²) < 4.78 is 41.0. The fourth-order valence-electron chi connectivity index (χ4n) is 2.91. The van der Waals surface area contributed by atoms with Gasteiger partial charge in [-0.1, -0.05) is 18.2 Å². The molecule has 1 aromatic carbocycles. The summed E-state index contributed by atoms with van der Waals surface area (Å²) in [6.45, 7) is 0.146. The predicted octanol–water partition coefficient (Wildman–Crippen LogP) is 4.02. The second kappa shape index (κ2) is 7.75. The molecule has 0 bridgehead atoms. The summed E-state index contributed by atoms with van der Waals surface area (Å²) in [6, 6.07) is 11.0. The molecule has 0 aliphatic rings. The number of nitriles is 1. The van der Waals surface area contributed by atoms with Gasteiger partial charge in [0.1, 0.15) is 0 Å². The van der Waals surface area contributed by atoms with E-state index in [9.17, 15) is 28.0 Å². The molecule has 0 fully saturated rings. The number of carbonyl (C=O) groups is 2. The van der Waals surface area contributed by atoms with Crippen LogP contribution in [0.2, 0.25) is 0 Å². The number of carbonyl (C=O) groups excluding carboxylic acids is 2. The highest BCUT2D eigenvalue weighted by atomic mass is 19.4. The third-order valence-corrected chi connectivity index (χ3v) is 4.20. The van der Waals surface area contributed by atoms with Crippen LogP contribution in [0.1, 0.15) is 26.4 Å². The summed E-state index contributed by atoms with van der Waals surface area (Å²) in [5.41, 5.74) is 1.39. The van der Waals surface area contributed by atoms with Gasteiger partial charge >= 0.3 is 6.18 Å². The molecule has 1 N–H and O–H groups in total. The molecule has 1 atom stereocenters. The Morgan fingerprint density at radius 3 is 2.55 bits per heavy atom. The Morgan fingerprint density at radius 1 is 1.21 bits per heavy atom. The lowest BCUT2D eigenvalue weighted by molar-refractivity contribution is -0.154. The highest BCUT2D eigenvalue weighted by molar-refractivity contribution is 6.22. The maximum absolute atomic E-state index is 12.9. The van der Waals surface area contributed by atoms with Crippen LogP contribution in [-0.4, -0.2) is 34.3 Å². The number of aryl methyl sites for hydroxylation is 1. The van der Waals surface area contributed by atoms with E-state index in [1.165, 1.54) is 6.07 Å². The molecular weight excluding hydrogens is 387 g/mol. The number of ketones is 2. The minimum absolute atomic E-state index is 0.0817. The molecule has 0 saturated heterocycles. The zero-order chi connectivity index (χ0) is 21.2. The maximum Gasteiger partial charge on any atom is 0.422 e. The highest BCUT2D eigenvalue weighted by Gasteiger charge is 2.32. The van der Waals surface area contributed by atoms with E-state index in [0.717, 1.165) is 12.3 Å². The molecule has 0 radical (unpaired) electrons. The first kappa shape index (κ1) is 20.1. The Morgan fingerprint density at radius 2 is 1.93 bits per heavy atom. The van der Waals surface area contributed by atoms with E-state index in [0.29, 0.717) is 16.6 Å². The Labute approximate surface area is 162 Å². The van der Waals surface area contributed by atoms with Crippen LogP contribution in [0, 0.1) is 24.2 Å². The molecular formula is C20H14F3N3O3. The molecule has 0 saturated carbocycles.